The van der Waals surface area contributed by atoms with E-state index in [4.69, 9.17) is 14.6 Å². The zero-order valence-corrected chi connectivity index (χ0v) is 22.0. The van der Waals surface area contributed by atoms with Gasteiger partial charge in [-0.25, -0.2) is 9.18 Å². The molecule has 0 saturated carbocycles. The quantitative estimate of drug-likeness (QED) is 0.237. The van der Waals surface area contributed by atoms with E-state index in [0.29, 0.717) is 29.6 Å². The van der Waals surface area contributed by atoms with E-state index >= 15 is 0 Å². The van der Waals surface area contributed by atoms with Crippen molar-refractivity contribution in [2.24, 2.45) is 0 Å². The van der Waals surface area contributed by atoms with Crippen LogP contribution in [0, 0.1) is 5.82 Å². The van der Waals surface area contributed by atoms with Gasteiger partial charge < -0.3 is 19.5 Å². The lowest BCUT2D eigenvalue weighted by Gasteiger charge is -2.36. The number of benzene rings is 4. The highest BCUT2D eigenvalue weighted by atomic mass is 35.5. The van der Waals surface area contributed by atoms with E-state index in [1.807, 2.05) is 17.0 Å². The molecule has 1 N–H and O–H groups in total. The predicted molar refractivity (Wildman–Crippen MR) is 151 cm³/mol. The Morgan fingerprint density at radius 1 is 1.08 bits per heavy atom. The van der Waals surface area contributed by atoms with Crippen LogP contribution < -0.4 is 14.4 Å². The van der Waals surface area contributed by atoms with E-state index in [9.17, 15) is 9.18 Å². The Morgan fingerprint density at radius 2 is 1.87 bits per heavy atom. The molecule has 1 aliphatic heterocycles. The zero-order chi connectivity index (χ0) is 25.8. The summed E-state index contributed by atoms with van der Waals surface area (Å²) < 4.78 is 25.8. The number of aliphatic carboxylic acids is 1. The SMILES string of the molecule is C[C@@H](CCCC1CN(c2cccc(OCC(=O)O)c2)c2cc(F)ccc2O1)c1cccc2ccccc12.Cl. The topological polar surface area (TPSA) is 59.0 Å². The molecule has 4 aromatic rings. The van der Waals surface area contributed by atoms with Crippen LogP contribution in [-0.2, 0) is 4.79 Å². The molecule has 5 rings (SSSR count). The highest BCUT2D eigenvalue weighted by Gasteiger charge is 2.27. The number of carbonyl (C=O) groups is 1. The van der Waals surface area contributed by atoms with Gasteiger partial charge in [0.1, 0.15) is 23.4 Å². The second-order valence-corrected chi connectivity index (χ2v) is 9.54. The molecule has 0 spiro atoms. The molecule has 1 heterocycles. The number of hydrogen-bond donors (Lipinski definition) is 1. The first-order chi connectivity index (χ1) is 18.0. The molecule has 38 heavy (non-hydrogen) atoms. The van der Waals surface area contributed by atoms with Crippen LogP contribution in [0.4, 0.5) is 15.8 Å². The number of ether oxygens (including phenoxy) is 2. The Kier molecular flexibility index (Phi) is 8.74. The van der Waals surface area contributed by atoms with E-state index < -0.39 is 12.6 Å². The highest BCUT2D eigenvalue weighted by molar-refractivity contribution is 5.86. The van der Waals surface area contributed by atoms with Gasteiger partial charge in [-0.05, 0) is 65.8 Å². The minimum atomic E-state index is -1.04. The van der Waals surface area contributed by atoms with Crippen LogP contribution in [-0.4, -0.2) is 30.3 Å². The van der Waals surface area contributed by atoms with Gasteiger partial charge in [-0.2, -0.15) is 0 Å². The van der Waals surface area contributed by atoms with Crippen molar-refractivity contribution in [3.8, 4) is 11.5 Å². The minimum Gasteiger partial charge on any atom is -0.486 e. The Bertz CT molecular complexity index is 1410. The fraction of sp³-hybridized carbons (Fsp3) is 0.258. The fourth-order valence-electron chi connectivity index (χ4n) is 5.09. The Labute approximate surface area is 228 Å². The summed E-state index contributed by atoms with van der Waals surface area (Å²) in [6, 6.07) is 26.8. The Morgan fingerprint density at radius 3 is 2.71 bits per heavy atom. The number of nitrogens with zero attached hydrogens (tertiary/aromatic N) is 1. The second kappa shape index (κ2) is 12.2. The summed E-state index contributed by atoms with van der Waals surface area (Å²) in [5.74, 6) is 0.117. The van der Waals surface area contributed by atoms with Gasteiger partial charge in [-0.3, -0.25) is 0 Å². The van der Waals surface area contributed by atoms with E-state index in [-0.39, 0.29) is 24.3 Å². The lowest BCUT2D eigenvalue weighted by Crippen LogP contribution is -2.37. The lowest BCUT2D eigenvalue weighted by molar-refractivity contribution is -0.139. The van der Waals surface area contributed by atoms with Crippen molar-refractivity contribution < 1.29 is 23.8 Å². The molecule has 1 aliphatic rings. The van der Waals surface area contributed by atoms with Crippen molar-refractivity contribution in [3.63, 3.8) is 0 Å². The number of carboxylic acid groups (broad SMARTS) is 1. The Balaban J connectivity index is 0.00000336. The smallest absolute Gasteiger partial charge is 0.341 e. The van der Waals surface area contributed by atoms with E-state index in [1.54, 1.807) is 18.2 Å². The molecule has 7 heteroatoms. The summed E-state index contributed by atoms with van der Waals surface area (Å²) >= 11 is 0. The fourth-order valence-corrected chi connectivity index (χ4v) is 5.09. The summed E-state index contributed by atoms with van der Waals surface area (Å²) in [7, 11) is 0. The van der Waals surface area contributed by atoms with Gasteiger partial charge in [0, 0.05) is 17.8 Å². The largest absolute Gasteiger partial charge is 0.486 e. The first-order valence-corrected chi connectivity index (χ1v) is 12.6. The molecule has 4 aromatic carbocycles. The molecule has 0 aromatic heterocycles. The molecule has 0 radical (unpaired) electrons. The van der Waals surface area contributed by atoms with E-state index in [0.717, 1.165) is 24.9 Å². The number of carboxylic acids is 1. The molecule has 0 amide bonds. The molecule has 1 unspecified atom stereocenters. The van der Waals surface area contributed by atoms with Crippen molar-refractivity contribution in [2.45, 2.75) is 38.2 Å². The summed E-state index contributed by atoms with van der Waals surface area (Å²) in [6.45, 7) is 2.41. The Hall–Kier alpha value is -3.77. The van der Waals surface area contributed by atoms with Gasteiger partial charge in [0.15, 0.2) is 6.61 Å². The maximum absolute atomic E-state index is 14.2. The maximum Gasteiger partial charge on any atom is 0.341 e. The van der Waals surface area contributed by atoms with Crippen LogP contribution >= 0.6 is 12.4 Å². The van der Waals surface area contributed by atoms with Gasteiger partial charge in [0.05, 0.1) is 12.2 Å². The zero-order valence-electron chi connectivity index (χ0n) is 21.2. The van der Waals surface area contributed by atoms with Gasteiger partial charge in [-0.1, -0.05) is 55.5 Å². The van der Waals surface area contributed by atoms with Gasteiger partial charge in [0.25, 0.3) is 0 Å². The number of rotatable bonds is 9. The van der Waals surface area contributed by atoms with Gasteiger partial charge in [-0.15, -0.1) is 12.4 Å². The molecular weight excluding hydrogens is 505 g/mol. The molecule has 2 atom stereocenters. The summed E-state index contributed by atoms with van der Waals surface area (Å²) in [4.78, 5) is 12.9. The molecule has 0 bridgehead atoms. The van der Waals surface area contributed by atoms with Crippen LogP contribution in [0.5, 0.6) is 11.5 Å². The monoisotopic (exact) mass is 535 g/mol. The molecular formula is C31H31ClFNO4. The number of anilines is 2. The van der Waals surface area contributed by atoms with Crippen molar-refractivity contribution in [1.29, 1.82) is 0 Å². The standard InChI is InChI=1S/C31H30FNO4.ClH/c1-21(27-14-5-9-22-8-2-3-13-28(22)27)7-4-12-26-19-33(29-17-23(32)15-16-30(29)37-26)24-10-6-11-25(18-24)36-20-31(34)35;/h2-3,5-6,8-11,13-18,21,26H,4,7,12,19-20H2,1H3,(H,34,35);1H/t21-,26?;/m0./s1. The van der Waals surface area contributed by atoms with Gasteiger partial charge >= 0.3 is 5.97 Å². The maximum atomic E-state index is 14.2. The summed E-state index contributed by atoms with van der Waals surface area (Å²) in [5.41, 5.74) is 2.81. The van der Waals surface area contributed by atoms with Crippen LogP contribution in [0.1, 0.15) is 37.7 Å². The molecule has 0 aliphatic carbocycles. The minimum absolute atomic E-state index is 0. The van der Waals surface area contributed by atoms with Crippen LogP contribution in [0.25, 0.3) is 10.8 Å². The average Bonchev–Trinajstić information content (AvgIpc) is 2.91. The van der Waals surface area contributed by atoms with Gasteiger partial charge in [0.2, 0.25) is 0 Å². The second-order valence-electron chi connectivity index (χ2n) is 9.54. The molecule has 0 saturated heterocycles. The third-order valence-electron chi connectivity index (χ3n) is 6.90. The summed E-state index contributed by atoms with van der Waals surface area (Å²) in [5, 5.41) is 11.5. The van der Waals surface area contributed by atoms with Crippen LogP contribution in [0.2, 0.25) is 0 Å². The third-order valence-corrected chi connectivity index (χ3v) is 6.90. The first kappa shape index (κ1) is 27.3. The van der Waals surface area contributed by atoms with Crippen molar-refractivity contribution in [3.05, 3.63) is 96.3 Å². The third kappa shape index (κ3) is 6.20. The summed E-state index contributed by atoms with van der Waals surface area (Å²) in [6.07, 6.45) is 2.81. The average molecular weight is 536 g/mol. The number of fused-ring (bicyclic) bond motifs is 2. The predicted octanol–water partition coefficient (Wildman–Crippen LogP) is 7.74. The first-order valence-electron chi connectivity index (χ1n) is 12.6. The molecule has 0 fully saturated rings. The molecule has 198 valence electrons. The van der Waals surface area contributed by atoms with Crippen LogP contribution in [0.3, 0.4) is 0 Å². The van der Waals surface area contributed by atoms with E-state index in [2.05, 4.69) is 49.4 Å². The number of hydrogen-bond acceptors (Lipinski definition) is 4. The molecule has 5 nitrogen and oxygen atoms in total. The van der Waals surface area contributed by atoms with E-state index in [1.165, 1.54) is 28.5 Å². The normalized spacial score (nSPS) is 15.2. The van der Waals surface area contributed by atoms with Crippen molar-refractivity contribution in [1.82, 2.24) is 0 Å². The highest BCUT2D eigenvalue weighted by Crippen LogP contribution is 2.40. The van der Waals surface area contributed by atoms with Crippen molar-refractivity contribution >= 4 is 40.5 Å². The lowest BCUT2D eigenvalue weighted by atomic mass is 9.90. The van der Waals surface area contributed by atoms with Crippen LogP contribution in [0.15, 0.2) is 84.9 Å². The number of halogens is 2. The van der Waals surface area contributed by atoms with Crippen molar-refractivity contribution in [2.75, 3.05) is 18.1 Å².